The number of hydrogen-bond donors (Lipinski definition) is 1. The minimum absolute atomic E-state index is 0.0226. The highest BCUT2D eigenvalue weighted by atomic mass is 32.2. The van der Waals surface area contributed by atoms with Gasteiger partial charge in [0.15, 0.2) is 0 Å². The number of hydrogen-bond acceptors (Lipinski definition) is 5. The Hall–Kier alpha value is -2.44. The molecule has 1 aliphatic heterocycles. The van der Waals surface area contributed by atoms with Gasteiger partial charge in [-0.1, -0.05) is 26.0 Å². The maximum absolute atomic E-state index is 12.8. The minimum atomic E-state index is -3.81. The normalized spacial score (nSPS) is 16.6. The smallest absolute Gasteiger partial charge is 0.245 e. The minimum Gasteiger partial charge on any atom is -0.344 e. The first-order chi connectivity index (χ1) is 12.7. The largest absolute Gasteiger partial charge is 0.344 e. The van der Waals surface area contributed by atoms with Crippen LogP contribution in [-0.4, -0.2) is 61.7 Å². The highest BCUT2D eigenvalue weighted by molar-refractivity contribution is 7.89. The standard InChI is InChI=1S/C18H24N4O4S/c1-13(2)17(20-14(3)23)18(24)21-8-10-22(11-9-21)27(25,26)16-7-5-4-6-15(16)12-19/h4-7,13,17H,8-11H2,1-3H3,(H,20,23)/t17-/m1/s1. The molecule has 8 nitrogen and oxygen atoms in total. The van der Waals surface area contributed by atoms with Gasteiger partial charge in [-0.25, -0.2) is 8.42 Å². The maximum atomic E-state index is 12.8. The van der Waals surface area contributed by atoms with E-state index in [1.807, 2.05) is 19.9 Å². The van der Waals surface area contributed by atoms with E-state index < -0.39 is 16.1 Å². The molecule has 1 fully saturated rings. The average Bonchev–Trinajstić information content (AvgIpc) is 2.65. The lowest BCUT2D eigenvalue weighted by Gasteiger charge is -2.36. The molecule has 0 unspecified atom stereocenters. The lowest BCUT2D eigenvalue weighted by Crippen LogP contribution is -2.56. The number of benzene rings is 1. The van der Waals surface area contributed by atoms with Gasteiger partial charge >= 0.3 is 0 Å². The van der Waals surface area contributed by atoms with Crippen LogP contribution < -0.4 is 5.32 Å². The second-order valence-corrected chi connectivity index (χ2v) is 8.67. The van der Waals surface area contributed by atoms with Crippen molar-refractivity contribution in [3.63, 3.8) is 0 Å². The first kappa shape index (κ1) is 20.9. The third-order valence-electron chi connectivity index (χ3n) is 4.47. The molecule has 0 aliphatic carbocycles. The fraction of sp³-hybridized carbons (Fsp3) is 0.500. The maximum Gasteiger partial charge on any atom is 0.245 e. The molecule has 0 bridgehead atoms. The van der Waals surface area contributed by atoms with E-state index in [1.54, 1.807) is 17.0 Å². The lowest BCUT2D eigenvalue weighted by atomic mass is 10.0. The Kier molecular flexibility index (Phi) is 6.57. The van der Waals surface area contributed by atoms with Crippen LogP contribution in [0.3, 0.4) is 0 Å². The Labute approximate surface area is 159 Å². The van der Waals surface area contributed by atoms with Crippen LogP contribution in [0.2, 0.25) is 0 Å². The average molecular weight is 392 g/mol. The summed E-state index contributed by atoms with van der Waals surface area (Å²) in [5.74, 6) is -0.572. The fourth-order valence-electron chi connectivity index (χ4n) is 3.00. The first-order valence-electron chi connectivity index (χ1n) is 8.73. The van der Waals surface area contributed by atoms with Gasteiger partial charge in [-0.15, -0.1) is 0 Å². The zero-order valence-corrected chi connectivity index (χ0v) is 16.5. The summed E-state index contributed by atoms with van der Waals surface area (Å²) in [7, 11) is -3.81. The predicted octanol–water partition coefficient (Wildman–Crippen LogP) is 0.552. The molecule has 1 aromatic carbocycles. The monoisotopic (exact) mass is 392 g/mol. The number of piperazine rings is 1. The van der Waals surface area contributed by atoms with Crippen LogP contribution in [-0.2, 0) is 19.6 Å². The van der Waals surface area contributed by atoms with Gasteiger partial charge < -0.3 is 10.2 Å². The summed E-state index contributed by atoms with van der Waals surface area (Å²) in [6.07, 6.45) is 0. The lowest BCUT2D eigenvalue weighted by molar-refractivity contribution is -0.138. The number of carbonyl (C=O) groups excluding carboxylic acids is 2. The van der Waals surface area contributed by atoms with Crippen molar-refractivity contribution in [3.05, 3.63) is 29.8 Å². The van der Waals surface area contributed by atoms with Crippen LogP contribution in [0.15, 0.2) is 29.2 Å². The van der Waals surface area contributed by atoms with Crippen LogP contribution in [0.5, 0.6) is 0 Å². The Morgan fingerprint density at radius 2 is 1.74 bits per heavy atom. The SMILES string of the molecule is CC(=O)N[C@@H](C(=O)N1CCN(S(=O)(=O)c2ccccc2C#N)CC1)C(C)C. The number of carbonyl (C=O) groups is 2. The summed E-state index contributed by atoms with van der Waals surface area (Å²) >= 11 is 0. The van der Waals surface area contributed by atoms with Gasteiger partial charge in [0.2, 0.25) is 21.8 Å². The van der Waals surface area contributed by atoms with Crippen molar-refractivity contribution in [1.82, 2.24) is 14.5 Å². The molecule has 1 N–H and O–H groups in total. The van der Waals surface area contributed by atoms with Crippen molar-refractivity contribution < 1.29 is 18.0 Å². The van der Waals surface area contributed by atoms with E-state index in [1.165, 1.54) is 23.4 Å². The Bertz CT molecular complexity index is 852. The molecule has 1 aromatic rings. The van der Waals surface area contributed by atoms with Crippen LogP contribution >= 0.6 is 0 Å². The van der Waals surface area contributed by atoms with Crippen molar-refractivity contribution in [2.45, 2.75) is 31.7 Å². The third-order valence-corrected chi connectivity index (χ3v) is 6.42. The van der Waals surface area contributed by atoms with Gasteiger partial charge in [-0.05, 0) is 18.1 Å². The molecule has 1 saturated heterocycles. The summed E-state index contributed by atoms with van der Waals surface area (Å²) in [6.45, 7) is 5.79. The van der Waals surface area contributed by atoms with Crippen LogP contribution in [0, 0.1) is 17.2 Å². The van der Waals surface area contributed by atoms with Gasteiger partial charge in [-0.3, -0.25) is 9.59 Å². The highest BCUT2D eigenvalue weighted by Gasteiger charge is 2.34. The molecule has 1 heterocycles. The van der Waals surface area contributed by atoms with Gasteiger partial charge in [-0.2, -0.15) is 9.57 Å². The molecule has 1 atom stereocenters. The number of rotatable bonds is 5. The van der Waals surface area contributed by atoms with E-state index in [2.05, 4.69) is 5.32 Å². The number of nitrogens with one attached hydrogen (secondary N) is 1. The van der Waals surface area contributed by atoms with E-state index in [9.17, 15) is 18.0 Å². The predicted molar refractivity (Wildman–Crippen MR) is 98.9 cm³/mol. The summed E-state index contributed by atoms with van der Waals surface area (Å²) in [4.78, 5) is 25.6. The Morgan fingerprint density at radius 3 is 2.26 bits per heavy atom. The molecule has 0 radical (unpaired) electrons. The Balaban J connectivity index is 2.11. The quantitative estimate of drug-likeness (QED) is 0.787. The molecule has 1 aliphatic rings. The van der Waals surface area contributed by atoms with Crippen molar-refractivity contribution >= 4 is 21.8 Å². The zero-order chi connectivity index (χ0) is 20.2. The number of sulfonamides is 1. The molecule has 0 aromatic heterocycles. The van der Waals surface area contributed by atoms with Crippen LogP contribution in [0.25, 0.3) is 0 Å². The summed E-state index contributed by atoms with van der Waals surface area (Å²) < 4.78 is 27.0. The molecule has 146 valence electrons. The number of amides is 2. The second-order valence-electron chi connectivity index (χ2n) is 6.76. The first-order valence-corrected chi connectivity index (χ1v) is 10.2. The van der Waals surface area contributed by atoms with Crippen molar-refractivity contribution in [1.29, 1.82) is 5.26 Å². The molecule has 0 spiro atoms. The van der Waals surface area contributed by atoms with Gasteiger partial charge in [0.05, 0.1) is 10.5 Å². The van der Waals surface area contributed by atoms with E-state index in [-0.39, 0.29) is 54.4 Å². The Morgan fingerprint density at radius 1 is 1.15 bits per heavy atom. The van der Waals surface area contributed by atoms with E-state index >= 15 is 0 Å². The van der Waals surface area contributed by atoms with Gasteiger partial charge in [0, 0.05) is 33.1 Å². The topological polar surface area (TPSA) is 111 Å². The number of nitriles is 1. The van der Waals surface area contributed by atoms with Crippen LogP contribution in [0.4, 0.5) is 0 Å². The summed E-state index contributed by atoms with van der Waals surface area (Å²) in [5, 5.41) is 11.8. The van der Waals surface area contributed by atoms with Crippen molar-refractivity contribution in [2.24, 2.45) is 5.92 Å². The zero-order valence-electron chi connectivity index (χ0n) is 15.7. The molecular formula is C18H24N4O4S. The molecule has 2 amide bonds. The highest BCUT2D eigenvalue weighted by Crippen LogP contribution is 2.21. The third kappa shape index (κ3) is 4.64. The van der Waals surface area contributed by atoms with Gasteiger partial charge in [0.1, 0.15) is 12.1 Å². The fourth-order valence-corrected chi connectivity index (χ4v) is 4.57. The molecule has 2 rings (SSSR count). The van der Waals surface area contributed by atoms with E-state index in [0.717, 1.165) is 0 Å². The van der Waals surface area contributed by atoms with Gasteiger partial charge in [0.25, 0.3) is 0 Å². The molecule has 9 heteroatoms. The van der Waals surface area contributed by atoms with Crippen molar-refractivity contribution in [3.8, 4) is 6.07 Å². The summed E-state index contributed by atoms with van der Waals surface area (Å²) in [5.41, 5.74) is 0.0986. The molecule has 27 heavy (non-hydrogen) atoms. The van der Waals surface area contributed by atoms with E-state index in [0.29, 0.717) is 0 Å². The summed E-state index contributed by atoms with van der Waals surface area (Å²) in [6, 6.07) is 7.34. The van der Waals surface area contributed by atoms with E-state index in [4.69, 9.17) is 5.26 Å². The number of nitrogens with zero attached hydrogens (tertiary/aromatic N) is 3. The molecular weight excluding hydrogens is 368 g/mol. The molecule has 0 saturated carbocycles. The van der Waals surface area contributed by atoms with Crippen molar-refractivity contribution in [2.75, 3.05) is 26.2 Å². The van der Waals surface area contributed by atoms with Crippen LogP contribution in [0.1, 0.15) is 26.3 Å². The second kappa shape index (κ2) is 8.50.